The van der Waals surface area contributed by atoms with E-state index in [-0.39, 0.29) is 12.2 Å². The van der Waals surface area contributed by atoms with Crippen molar-refractivity contribution in [3.63, 3.8) is 0 Å². The number of carbonyl (C=O) groups excluding carboxylic acids is 1. The van der Waals surface area contributed by atoms with Crippen LogP contribution in [0.2, 0.25) is 10.0 Å². The Balaban J connectivity index is 2.31. The summed E-state index contributed by atoms with van der Waals surface area (Å²) in [4.78, 5) is 12.1. The van der Waals surface area contributed by atoms with Gasteiger partial charge in [-0.2, -0.15) is 0 Å². The Kier molecular flexibility index (Phi) is 5.54. The molecule has 0 spiro atoms. The van der Waals surface area contributed by atoms with Gasteiger partial charge in [0.1, 0.15) is 5.75 Å². The molecular formula is C17H14Cl2F3NO2. The summed E-state index contributed by atoms with van der Waals surface area (Å²) in [5.41, 5.74) is 5.55. The maximum absolute atomic E-state index is 12.2. The lowest BCUT2D eigenvalue weighted by atomic mass is 9.76. The molecule has 0 aromatic heterocycles. The molecule has 0 saturated heterocycles. The molecule has 0 aliphatic heterocycles. The van der Waals surface area contributed by atoms with E-state index in [0.29, 0.717) is 21.2 Å². The number of primary amides is 1. The predicted molar refractivity (Wildman–Crippen MR) is 89.8 cm³/mol. The molecule has 8 heteroatoms. The van der Waals surface area contributed by atoms with Crippen LogP contribution in [0.3, 0.4) is 0 Å². The second kappa shape index (κ2) is 7.14. The first kappa shape index (κ1) is 19.4. The normalized spacial score (nSPS) is 14.0. The third kappa shape index (κ3) is 5.03. The Morgan fingerprint density at radius 1 is 1.08 bits per heavy atom. The smallest absolute Gasteiger partial charge is 0.406 e. The van der Waals surface area contributed by atoms with Crippen molar-refractivity contribution in [1.29, 1.82) is 0 Å². The van der Waals surface area contributed by atoms with Crippen LogP contribution in [0.5, 0.6) is 5.75 Å². The summed E-state index contributed by atoms with van der Waals surface area (Å²) in [6.07, 6.45) is -4.61. The zero-order chi connectivity index (χ0) is 18.8. The van der Waals surface area contributed by atoms with Gasteiger partial charge in [-0.15, -0.1) is 13.2 Å². The number of benzene rings is 2. The molecule has 0 aliphatic rings. The minimum atomic E-state index is -4.76. The van der Waals surface area contributed by atoms with Crippen LogP contribution in [0.1, 0.15) is 18.1 Å². The van der Waals surface area contributed by atoms with Gasteiger partial charge in [0.05, 0.1) is 5.41 Å². The lowest BCUT2D eigenvalue weighted by molar-refractivity contribution is -0.274. The van der Waals surface area contributed by atoms with E-state index in [1.165, 1.54) is 30.3 Å². The fraction of sp³-hybridized carbons (Fsp3) is 0.235. The van der Waals surface area contributed by atoms with Crippen LogP contribution in [0.4, 0.5) is 13.2 Å². The molecule has 3 nitrogen and oxygen atoms in total. The summed E-state index contributed by atoms with van der Waals surface area (Å²) in [7, 11) is 0. The molecule has 2 aromatic carbocycles. The van der Waals surface area contributed by atoms with E-state index in [0.717, 1.165) is 0 Å². The highest BCUT2D eigenvalue weighted by molar-refractivity contribution is 6.34. The Bertz CT molecular complexity index is 758. The molecule has 134 valence electrons. The van der Waals surface area contributed by atoms with Crippen molar-refractivity contribution >= 4 is 29.1 Å². The van der Waals surface area contributed by atoms with Crippen LogP contribution in [-0.2, 0) is 16.6 Å². The maximum atomic E-state index is 12.2. The number of hydrogen-bond acceptors (Lipinski definition) is 2. The molecule has 0 radical (unpaired) electrons. The van der Waals surface area contributed by atoms with Crippen LogP contribution in [0.15, 0.2) is 42.5 Å². The van der Waals surface area contributed by atoms with Gasteiger partial charge >= 0.3 is 6.36 Å². The number of rotatable bonds is 5. The average Bonchev–Trinajstić information content (AvgIpc) is 2.46. The fourth-order valence-electron chi connectivity index (χ4n) is 2.42. The van der Waals surface area contributed by atoms with Gasteiger partial charge in [-0.05, 0) is 54.8 Å². The standard InChI is InChI=1S/C17H14Cl2F3NO2/c1-16(15(23)24,11-6-12(18)8-13(19)7-11)9-10-2-4-14(5-3-10)25-17(20,21)22/h2-8H,9H2,1H3,(H2,23,24). The van der Waals surface area contributed by atoms with Crippen LogP contribution in [0.25, 0.3) is 0 Å². The predicted octanol–water partition coefficient (Wildman–Crippen LogP) is 4.88. The van der Waals surface area contributed by atoms with Gasteiger partial charge < -0.3 is 10.5 Å². The lowest BCUT2D eigenvalue weighted by Gasteiger charge is -2.27. The lowest BCUT2D eigenvalue weighted by Crippen LogP contribution is -2.40. The van der Waals surface area contributed by atoms with Crippen LogP contribution in [-0.4, -0.2) is 12.3 Å². The summed E-state index contributed by atoms with van der Waals surface area (Å²) in [5, 5.41) is 0.702. The highest BCUT2D eigenvalue weighted by Gasteiger charge is 2.34. The van der Waals surface area contributed by atoms with Crippen molar-refractivity contribution in [1.82, 2.24) is 0 Å². The fourth-order valence-corrected chi connectivity index (χ4v) is 2.95. The molecule has 0 saturated carbocycles. The molecule has 2 rings (SSSR count). The van der Waals surface area contributed by atoms with Crippen molar-refractivity contribution in [3.05, 3.63) is 63.6 Å². The zero-order valence-electron chi connectivity index (χ0n) is 13.0. The minimum absolute atomic E-state index is 0.158. The van der Waals surface area contributed by atoms with Gasteiger partial charge in [-0.25, -0.2) is 0 Å². The molecule has 1 atom stereocenters. The maximum Gasteiger partial charge on any atom is 0.573 e. The average molecular weight is 392 g/mol. The van der Waals surface area contributed by atoms with Gasteiger partial charge in [0, 0.05) is 10.0 Å². The second-order valence-electron chi connectivity index (χ2n) is 5.72. The van der Waals surface area contributed by atoms with E-state index in [1.54, 1.807) is 19.1 Å². The number of halogens is 5. The number of amides is 1. The number of ether oxygens (including phenoxy) is 1. The first-order valence-electron chi connectivity index (χ1n) is 7.11. The highest BCUT2D eigenvalue weighted by atomic mass is 35.5. The topological polar surface area (TPSA) is 52.3 Å². The Labute approximate surface area is 152 Å². The van der Waals surface area contributed by atoms with Crippen molar-refractivity contribution < 1.29 is 22.7 Å². The van der Waals surface area contributed by atoms with E-state index in [2.05, 4.69) is 4.74 Å². The summed E-state index contributed by atoms with van der Waals surface area (Å²) in [6.45, 7) is 1.62. The van der Waals surface area contributed by atoms with Gasteiger partial charge in [-0.3, -0.25) is 4.79 Å². The van der Waals surface area contributed by atoms with Crippen LogP contribution < -0.4 is 10.5 Å². The summed E-state index contributed by atoms with van der Waals surface area (Å²) in [6, 6.07) is 9.92. The largest absolute Gasteiger partial charge is 0.573 e. The molecule has 1 amide bonds. The number of alkyl halides is 3. The van der Waals surface area contributed by atoms with Crippen molar-refractivity contribution in [3.8, 4) is 5.75 Å². The molecule has 2 N–H and O–H groups in total. The third-order valence-corrected chi connectivity index (χ3v) is 4.19. The monoisotopic (exact) mass is 391 g/mol. The van der Waals surface area contributed by atoms with Gasteiger partial charge in [0.15, 0.2) is 0 Å². The van der Waals surface area contributed by atoms with Crippen molar-refractivity contribution in [2.75, 3.05) is 0 Å². The molecule has 0 heterocycles. The Hall–Kier alpha value is -1.92. The number of carbonyl (C=O) groups is 1. The van der Waals surface area contributed by atoms with E-state index in [9.17, 15) is 18.0 Å². The zero-order valence-corrected chi connectivity index (χ0v) is 14.5. The molecule has 0 bridgehead atoms. The van der Waals surface area contributed by atoms with Gasteiger partial charge in [0.25, 0.3) is 0 Å². The van der Waals surface area contributed by atoms with Gasteiger partial charge in [0.2, 0.25) is 5.91 Å². The molecule has 1 unspecified atom stereocenters. The van der Waals surface area contributed by atoms with Crippen molar-refractivity contribution in [2.24, 2.45) is 5.73 Å². The quantitative estimate of drug-likeness (QED) is 0.789. The summed E-state index contributed by atoms with van der Waals surface area (Å²) < 4.78 is 40.4. The summed E-state index contributed by atoms with van der Waals surface area (Å²) >= 11 is 12.0. The second-order valence-corrected chi connectivity index (χ2v) is 6.60. The molecular weight excluding hydrogens is 378 g/mol. The highest BCUT2D eigenvalue weighted by Crippen LogP contribution is 2.33. The van der Waals surface area contributed by atoms with E-state index >= 15 is 0 Å². The van der Waals surface area contributed by atoms with Crippen LogP contribution >= 0.6 is 23.2 Å². The van der Waals surface area contributed by atoms with E-state index < -0.39 is 17.7 Å². The molecule has 0 aliphatic carbocycles. The first-order chi connectivity index (χ1) is 11.5. The molecule has 0 fully saturated rings. The van der Waals surface area contributed by atoms with Crippen molar-refractivity contribution in [2.45, 2.75) is 25.1 Å². The first-order valence-corrected chi connectivity index (χ1v) is 7.86. The van der Waals surface area contributed by atoms with Crippen LogP contribution in [0, 0.1) is 0 Å². The molecule has 2 aromatic rings. The van der Waals surface area contributed by atoms with Gasteiger partial charge in [-0.1, -0.05) is 35.3 Å². The Morgan fingerprint density at radius 3 is 2.04 bits per heavy atom. The van der Waals surface area contributed by atoms with E-state index in [4.69, 9.17) is 28.9 Å². The Morgan fingerprint density at radius 2 is 1.60 bits per heavy atom. The molecule has 25 heavy (non-hydrogen) atoms. The third-order valence-electron chi connectivity index (χ3n) is 3.76. The minimum Gasteiger partial charge on any atom is -0.406 e. The number of nitrogens with two attached hydrogens (primary N) is 1. The SMILES string of the molecule is CC(Cc1ccc(OC(F)(F)F)cc1)(C(N)=O)c1cc(Cl)cc(Cl)c1. The van der Waals surface area contributed by atoms with E-state index in [1.807, 2.05) is 0 Å². The summed E-state index contributed by atoms with van der Waals surface area (Å²) in [5.74, 6) is -0.954. The number of hydrogen-bond donors (Lipinski definition) is 1.